The summed E-state index contributed by atoms with van der Waals surface area (Å²) in [6, 6.07) is 9.42. The molecule has 0 aromatic heterocycles. The minimum Gasteiger partial charge on any atom is -0.368 e. The highest BCUT2D eigenvalue weighted by molar-refractivity contribution is 5.89. The van der Waals surface area contributed by atoms with E-state index < -0.39 is 11.9 Å². The average Bonchev–Trinajstić information content (AvgIpc) is 2.70. The van der Waals surface area contributed by atoms with Gasteiger partial charge in [0.05, 0.1) is 19.1 Å². The van der Waals surface area contributed by atoms with E-state index in [0.717, 1.165) is 18.8 Å². The first-order valence-electron chi connectivity index (χ1n) is 9.26. The van der Waals surface area contributed by atoms with Crippen LogP contribution in [0.5, 0.6) is 0 Å². The summed E-state index contributed by atoms with van der Waals surface area (Å²) >= 11 is 0. The van der Waals surface area contributed by atoms with E-state index in [-0.39, 0.29) is 55.6 Å². The van der Waals surface area contributed by atoms with Crippen LogP contribution in [0.15, 0.2) is 30.3 Å². The maximum atomic E-state index is 12.3. The van der Waals surface area contributed by atoms with Crippen LogP contribution in [0.25, 0.3) is 0 Å². The van der Waals surface area contributed by atoms with Gasteiger partial charge in [-0.1, -0.05) is 32.0 Å². The van der Waals surface area contributed by atoms with Crippen molar-refractivity contribution < 1.29 is 14.4 Å². The summed E-state index contributed by atoms with van der Waals surface area (Å²) in [5.74, 6) is -0.912. The fourth-order valence-corrected chi connectivity index (χ4v) is 2.79. The Balaban J connectivity index is 0.00000392. The molecular weight excluding hydrogens is 417 g/mol. The van der Waals surface area contributed by atoms with Gasteiger partial charge in [-0.15, -0.1) is 24.8 Å². The van der Waals surface area contributed by atoms with E-state index in [0.29, 0.717) is 13.1 Å². The smallest absolute Gasteiger partial charge is 0.242 e. The molecule has 2 rings (SSSR count). The largest absolute Gasteiger partial charge is 0.368 e. The Morgan fingerprint density at radius 1 is 0.966 bits per heavy atom. The average molecular weight is 448 g/mol. The van der Waals surface area contributed by atoms with Crippen molar-refractivity contribution in [2.75, 3.05) is 44.2 Å². The van der Waals surface area contributed by atoms with Gasteiger partial charge in [-0.2, -0.15) is 0 Å². The Morgan fingerprint density at radius 2 is 1.55 bits per heavy atom. The van der Waals surface area contributed by atoms with E-state index in [2.05, 4.69) is 27.7 Å². The number of anilines is 1. The molecule has 4 N–H and O–H groups in total. The van der Waals surface area contributed by atoms with Crippen LogP contribution in [0.4, 0.5) is 5.69 Å². The maximum absolute atomic E-state index is 12.3. The first kappa shape index (κ1) is 27.0. The summed E-state index contributed by atoms with van der Waals surface area (Å²) in [5.41, 5.74) is 6.86. The number of hydrogen-bond donors (Lipinski definition) is 3. The molecule has 1 aromatic carbocycles. The third-order valence-corrected chi connectivity index (χ3v) is 4.63. The zero-order valence-electron chi connectivity index (χ0n) is 16.8. The van der Waals surface area contributed by atoms with E-state index in [1.807, 2.05) is 32.0 Å². The van der Waals surface area contributed by atoms with Crippen LogP contribution in [-0.4, -0.2) is 67.9 Å². The van der Waals surface area contributed by atoms with Gasteiger partial charge in [0.15, 0.2) is 0 Å². The lowest BCUT2D eigenvalue weighted by Gasteiger charge is -2.36. The molecule has 1 fully saturated rings. The summed E-state index contributed by atoms with van der Waals surface area (Å²) in [5, 5.41) is 5.03. The van der Waals surface area contributed by atoms with Gasteiger partial charge in [-0.25, -0.2) is 0 Å². The van der Waals surface area contributed by atoms with E-state index in [1.54, 1.807) is 4.90 Å². The number of hydrogen-bond acceptors (Lipinski definition) is 5. The second-order valence-corrected chi connectivity index (χ2v) is 6.97. The fourth-order valence-electron chi connectivity index (χ4n) is 2.79. The number of carbonyl (C=O) groups is 3. The zero-order valence-corrected chi connectivity index (χ0v) is 18.4. The van der Waals surface area contributed by atoms with Crippen molar-refractivity contribution in [2.24, 2.45) is 11.7 Å². The number of nitrogens with zero attached hydrogens (tertiary/aromatic N) is 2. The summed E-state index contributed by atoms with van der Waals surface area (Å²) in [4.78, 5) is 39.8. The molecule has 164 valence electrons. The molecule has 0 spiro atoms. The summed E-state index contributed by atoms with van der Waals surface area (Å²) in [7, 11) is 0. The first-order chi connectivity index (χ1) is 12.9. The molecule has 10 heteroatoms. The second kappa shape index (κ2) is 13.2. The number of rotatable bonds is 7. The number of benzene rings is 1. The predicted octanol–water partition coefficient (Wildman–Crippen LogP) is 0.395. The standard InChI is InChI=1S/C19H29N5O3.2ClH/c1-14(2)18(20)19(27)22-12-16(25)21-13-17(26)24-10-8-23(9-11-24)15-6-4-3-5-7-15;;/h3-7,14,18H,8-13,20H2,1-2H3,(H,21,25)(H,22,27);2*1H/t18-;;/m0../s1. The van der Waals surface area contributed by atoms with Crippen molar-refractivity contribution >= 4 is 48.2 Å². The van der Waals surface area contributed by atoms with Gasteiger partial charge < -0.3 is 26.2 Å². The molecule has 0 radical (unpaired) electrons. The van der Waals surface area contributed by atoms with E-state index in [9.17, 15) is 14.4 Å². The predicted molar refractivity (Wildman–Crippen MR) is 119 cm³/mol. The fraction of sp³-hybridized carbons (Fsp3) is 0.526. The van der Waals surface area contributed by atoms with Gasteiger partial charge in [-0.3, -0.25) is 14.4 Å². The molecular formula is C19H31Cl2N5O3. The minimum absolute atomic E-state index is 0. The van der Waals surface area contributed by atoms with E-state index in [1.165, 1.54) is 0 Å². The molecule has 8 nitrogen and oxygen atoms in total. The number of piperazine rings is 1. The highest BCUT2D eigenvalue weighted by Crippen LogP contribution is 2.15. The van der Waals surface area contributed by atoms with Gasteiger partial charge >= 0.3 is 0 Å². The van der Waals surface area contributed by atoms with Gasteiger partial charge in [0, 0.05) is 31.9 Å². The van der Waals surface area contributed by atoms with Crippen LogP contribution in [0.3, 0.4) is 0 Å². The molecule has 29 heavy (non-hydrogen) atoms. The topological polar surface area (TPSA) is 108 Å². The van der Waals surface area contributed by atoms with Gasteiger partial charge in [0.25, 0.3) is 0 Å². The molecule has 0 saturated carbocycles. The van der Waals surface area contributed by atoms with Crippen molar-refractivity contribution in [1.29, 1.82) is 0 Å². The van der Waals surface area contributed by atoms with Crippen LogP contribution < -0.4 is 21.3 Å². The molecule has 1 aliphatic rings. The Bertz CT molecular complexity index is 653. The van der Waals surface area contributed by atoms with E-state index >= 15 is 0 Å². The van der Waals surface area contributed by atoms with Crippen LogP contribution in [0.1, 0.15) is 13.8 Å². The Morgan fingerprint density at radius 3 is 2.10 bits per heavy atom. The number of nitrogens with one attached hydrogen (secondary N) is 2. The molecule has 0 bridgehead atoms. The third kappa shape index (κ3) is 8.47. The number of carbonyl (C=O) groups excluding carboxylic acids is 3. The van der Waals surface area contributed by atoms with Gasteiger partial charge in [-0.05, 0) is 18.1 Å². The molecule has 3 amide bonds. The quantitative estimate of drug-likeness (QED) is 0.560. The van der Waals surface area contributed by atoms with Crippen molar-refractivity contribution in [2.45, 2.75) is 19.9 Å². The maximum Gasteiger partial charge on any atom is 0.242 e. The van der Waals surface area contributed by atoms with Crippen LogP contribution in [0.2, 0.25) is 0 Å². The van der Waals surface area contributed by atoms with Crippen molar-refractivity contribution in [3.8, 4) is 0 Å². The van der Waals surface area contributed by atoms with Crippen LogP contribution >= 0.6 is 24.8 Å². The molecule has 1 aliphatic heterocycles. The van der Waals surface area contributed by atoms with Crippen molar-refractivity contribution in [3.63, 3.8) is 0 Å². The molecule has 1 saturated heterocycles. The Labute approximate surface area is 184 Å². The molecule has 1 atom stereocenters. The highest BCUT2D eigenvalue weighted by Gasteiger charge is 2.22. The van der Waals surface area contributed by atoms with Crippen molar-refractivity contribution in [3.05, 3.63) is 30.3 Å². The normalized spacial score (nSPS) is 14.3. The molecule has 0 aliphatic carbocycles. The summed E-state index contributed by atoms with van der Waals surface area (Å²) < 4.78 is 0. The highest BCUT2D eigenvalue weighted by atomic mass is 35.5. The van der Waals surface area contributed by atoms with E-state index in [4.69, 9.17) is 5.73 Å². The Hall–Kier alpha value is -2.03. The first-order valence-corrected chi connectivity index (χ1v) is 9.26. The minimum atomic E-state index is -0.652. The molecule has 1 aromatic rings. The van der Waals surface area contributed by atoms with Crippen molar-refractivity contribution in [1.82, 2.24) is 15.5 Å². The monoisotopic (exact) mass is 447 g/mol. The van der Waals surface area contributed by atoms with Gasteiger partial charge in [0.1, 0.15) is 0 Å². The number of para-hydroxylation sites is 1. The summed E-state index contributed by atoms with van der Waals surface area (Å²) in [6.07, 6.45) is 0. The number of nitrogens with two attached hydrogens (primary N) is 1. The van der Waals surface area contributed by atoms with Crippen LogP contribution in [0, 0.1) is 5.92 Å². The van der Waals surface area contributed by atoms with Gasteiger partial charge in [0.2, 0.25) is 17.7 Å². The number of halogens is 2. The molecule has 1 heterocycles. The van der Waals surface area contributed by atoms with Crippen LogP contribution in [-0.2, 0) is 14.4 Å². The third-order valence-electron chi connectivity index (χ3n) is 4.63. The zero-order chi connectivity index (χ0) is 19.8. The SMILES string of the molecule is CC(C)[C@H](N)C(=O)NCC(=O)NCC(=O)N1CCN(c2ccccc2)CC1.Cl.Cl. The number of amides is 3. The lowest BCUT2D eigenvalue weighted by atomic mass is 10.1. The lowest BCUT2D eigenvalue weighted by Crippen LogP contribution is -2.52. The lowest BCUT2D eigenvalue weighted by molar-refractivity contribution is -0.133. The molecule has 0 unspecified atom stereocenters. The Kier molecular flexibility index (Phi) is 12.3. The summed E-state index contributed by atoms with van der Waals surface area (Å²) in [6.45, 7) is 6.15. The second-order valence-electron chi connectivity index (χ2n) is 6.97.